The Morgan fingerprint density at radius 2 is 1.43 bits per heavy atom. The first kappa shape index (κ1) is 17.9. The van der Waals surface area contributed by atoms with Crippen LogP contribution in [0, 0.1) is 11.8 Å². The van der Waals surface area contributed by atoms with E-state index in [0.29, 0.717) is 11.7 Å². The third kappa shape index (κ3) is 6.93. The van der Waals surface area contributed by atoms with Crippen molar-refractivity contribution in [3.05, 3.63) is 34.9 Å². The summed E-state index contributed by atoms with van der Waals surface area (Å²) in [6.07, 6.45) is 13.0. The SMILES string of the molecule is C/C1=C/CC/C(C)=C/C(=O)C(C(C)C)CC/C(C)=C\CC1. The molecular formula is C20H32O. The fourth-order valence-electron chi connectivity index (χ4n) is 2.91. The Kier molecular flexibility index (Phi) is 7.71. The normalized spacial score (nSPS) is 30.7. The fourth-order valence-corrected chi connectivity index (χ4v) is 2.91. The molecule has 118 valence electrons. The number of ketones is 1. The van der Waals surface area contributed by atoms with Crippen LogP contribution in [0.25, 0.3) is 0 Å². The van der Waals surface area contributed by atoms with E-state index in [1.807, 2.05) is 6.08 Å². The van der Waals surface area contributed by atoms with Crippen molar-refractivity contribution in [3.8, 4) is 0 Å². The number of allylic oxidation sites excluding steroid dienone is 6. The van der Waals surface area contributed by atoms with Crippen molar-refractivity contribution in [1.29, 1.82) is 0 Å². The molecule has 0 heterocycles. The second-order valence-corrected chi connectivity index (χ2v) is 6.96. The Balaban J connectivity index is 2.90. The summed E-state index contributed by atoms with van der Waals surface area (Å²) < 4.78 is 0. The topological polar surface area (TPSA) is 17.1 Å². The summed E-state index contributed by atoms with van der Waals surface area (Å²) in [4.78, 5) is 12.5. The first-order valence-electron chi connectivity index (χ1n) is 8.42. The Morgan fingerprint density at radius 1 is 0.905 bits per heavy atom. The van der Waals surface area contributed by atoms with Gasteiger partial charge < -0.3 is 0 Å². The van der Waals surface area contributed by atoms with Gasteiger partial charge in [0.1, 0.15) is 0 Å². The molecule has 1 aliphatic carbocycles. The van der Waals surface area contributed by atoms with Crippen molar-refractivity contribution in [1.82, 2.24) is 0 Å². The first-order valence-corrected chi connectivity index (χ1v) is 8.42. The lowest BCUT2D eigenvalue weighted by Gasteiger charge is -2.19. The summed E-state index contributed by atoms with van der Waals surface area (Å²) in [7, 11) is 0. The molecule has 0 amide bonds. The fraction of sp³-hybridized carbons (Fsp3) is 0.650. The summed E-state index contributed by atoms with van der Waals surface area (Å²) in [5.41, 5.74) is 4.12. The molecule has 21 heavy (non-hydrogen) atoms. The number of hydrogen-bond donors (Lipinski definition) is 0. The molecule has 0 aliphatic heterocycles. The summed E-state index contributed by atoms with van der Waals surface area (Å²) in [6.45, 7) is 10.8. The number of carbonyl (C=O) groups is 1. The highest BCUT2D eigenvalue weighted by Gasteiger charge is 2.20. The van der Waals surface area contributed by atoms with Crippen LogP contribution in [0.15, 0.2) is 34.9 Å². The molecule has 1 aliphatic rings. The molecule has 0 saturated heterocycles. The van der Waals surface area contributed by atoms with Gasteiger partial charge in [-0.1, -0.05) is 42.7 Å². The van der Waals surface area contributed by atoms with Crippen molar-refractivity contribution in [2.75, 3.05) is 0 Å². The Bertz CT molecular complexity index is 435. The molecule has 0 N–H and O–H groups in total. The van der Waals surface area contributed by atoms with Crippen LogP contribution < -0.4 is 0 Å². The van der Waals surface area contributed by atoms with Crippen LogP contribution in [-0.2, 0) is 4.79 Å². The largest absolute Gasteiger partial charge is 0.295 e. The number of rotatable bonds is 1. The van der Waals surface area contributed by atoms with E-state index in [1.165, 1.54) is 16.7 Å². The van der Waals surface area contributed by atoms with Crippen LogP contribution in [0.2, 0.25) is 0 Å². The molecule has 0 fully saturated rings. The Labute approximate surface area is 131 Å². The molecule has 1 atom stereocenters. The summed E-state index contributed by atoms with van der Waals surface area (Å²) in [6, 6.07) is 0. The van der Waals surface area contributed by atoms with E-state index in [1.54, 1.807) is 0 Å². The molecule has 1 rings (SSSR count). The number of carbonyl (C=O) groups excluding carboxylic acids is 1. The van der Waals surface area contributed by atoms with Crippen molar-refractivity contribution >= 4 is 5.78 Å². The first-order chi connectivity index (χ1) is 9.90. The highest BCUT2D eigenvalue weighted by atomic mass is 16.1. The Hall–Kier alpha value is -1.11. The third-order valence-electron chi connectivity index (χ3n) is 4.47. The minimum Gasteiger partial charge on any atom is -0.295 e. The number of hydrogen-bond acceptors (Lipinski definition) is 1. The minimum absolute atomic E-state index is 0.170. The van der Waals surface area contributed by atoms with Gasteiger partial charge in [0.2, 0.25) is 0 Å². The van der Waals surface area contributed by atoms with Gasteiger partial charge in [0, 0.05) is 5.92 Å². The van der Waals surface area contributed by atoms with Crippen molar-refractivity contribution in [3.63, 3.8) is 0 Å². The van der Waals surface area contributed by atoms with Gasteiger partial charge in [-0.3, -0.25) is 4.79 Å². The van der Waals surface area contributed by atoms with Gasteiger partial charge in [-0.25, -0.2) is 0 Å². The summed E-state index contributed by atoms with van der Waals surface area (Å²) >= 11 is 0. The Morgan fingerprint density at radius 3 is 2.00 bits per heavy atom. The van der Waals surface area contributed by atoms with Crippen molar-refractivity contribution in [2.45, 2.75) is 73.1 Å². The molecule has 1 nitrogen and oxygen atoms in total. The molecule has 0 aromatic heterocycles. The minimum atomic E-state index is 0.170. The molecule has 0 radical (unpaired) electrons. The van der Waals surface area contributed by atoms with Gasteiger partial charge in [0.25, 0.3) is 0 Å². The van der Waals surface area contributed by atoms with Crippen LogP contribution in [0.4, 0.5) is 0 Å². The van der Waals surface area contributed by atoms with Crippen LogP contribution >= 0.6 is 0 Å². The zero-order chi connectivity index (χ0) is 15.8. The third-order valence-corrected chi connectivity index (χ3v) is 4.47. The second kappa shape index (κ2) is 9.02. The van der Waals surface area contributed by atoms with Gasteiger partial charge in [-0.05, 0) is 71.3 Å². The second-order valence-electron chi connectivity index (χ2n) is 6.96. The maximum Gasteiger partial charge on any atom is 0.158 e. The van der Waals surface area contributed by atoms with Crippen LogP contribution in [-0.4, -0.2) is 5.78 Å². The van der Waals surface area contributed by atoms with Crippen molar-refractivity contribution < 1.29 is 4.79 Å². The van der Waals surface area contributed by atoms with Gasteiger partial charge in [0.05, 0.1) is 0 Å². The smallest absolute Gasteiger partial charge is 0.158 e. The lowest BCUT2D eigenvalue weighted by Crippen LogP contribution is -2.19. The zero-order valence-corrected chi connectivity index (χ0v) is 14.5. The van der Waals surface area contributed by atoms with Crippen molar-refractivity contribution in [2.24, 2.45) is 11.8 Å². The predicted molar refractivity (Wildman–Crippen MR) is 92.3 cm³/mol. The van der Waals surface area contributed by atoms with E-state index in [4.69, 9.17) is 0 Å². The average molecular weight is 288 g/mol. The molecule has 1 unspecified atom stereocenters. The maximum absolute atomic E-state index is 12.5. The molecule has 1 heteroatoms. The van der Waals surface area contributed by atoms with Gasteiger partial charge in [-0.15, -0.1) is 0 Å². The average Bonchev–Trinajstić information content (AvgIpc) is 2.37. The molecular weight excluding hydrogens is 256 g/mol. The maximum atomic E-state index is 12.5. The highest BCUT2D eigenvalue weighted by molar-refractivity contribution is 5.92. The van der Waals surface area contributed by atoms with Crippen LogP contribution in [0.5, 0.6) is 0 Å². The van der Waals surface area contributed by atoms with E-state index in [2.05, 4.69) is 46.8 Å². The molecule has 0 bridgehead atoms. The predicted octanol–water partition coefficient (Wildman–Crippen LogP) is 6.02. The monoisotopic (exact) mass is 288 g/mol. The van der Waals surface area contributed by atoms with E-state index in [9.17, 15) is 4.79 Å². The van der Waals surface area contributed by atoms with E-state index >= 15 is 0 Å². The lowest BCUT2D eigenvalue weighted by atomic mass is 9.85. The van der Waals surface area contributed by atoms with Gasteiger partial charge in [0.15, 0.2) is 5.78 Å². The lowest BCUT2D eigenvalue weighted by molar-refractivity contribution is -0.119. The van der Waals surface area contributed by atoms with E-state index in [0.717, 1.165) is 38.5 Å². The van der Waals surface area contributed by atoms with E-state index in [-0.39, 0.29) is 5.92 Å². The molecule has 0 aromatic carbocycles. The standard InChI is InChI=1S/C20H32O/c1-15(2)19-13-12-17(4)10-6-8-16(3)9-7-11-18(5)14-20(19)21/h9-10,14-15,19H,6-8,11-13H2,1-5H3/b16-9-,17-10-,18-14+. The van der Waals surface area contributed by atoms with Gasteiger partial charge >= 0.3 is 0 Å². The van der Waals surface area contributed by atoms with Crippen LogP contribution in [0.1, 0.15) is 73.1 Å². The summed E-state index contributed by atoms with van der Waals surface area (Å²) in [5.74, 6) is 0.918. The van der Waals surface area contributed by atoms with E-state index < -0.39 is 0 Å². The quantitative estimate of drug-likeness (QED) is 0.539. The molecule has 0 saturated carbocycles. The molecule has 0 spiro atoms. The summed E-state index contributed by atoms with van der Waals surface area (Å²) in [5, 5.41) is 0. The highest BCUT2D eigenvalue weighted by Crippen LogP contribution is 2.23. The van der Waals surface area contributed by atoms with Gasteiger partial charge in [-0.2, -0.15) is 0 Å². The molecule has 0 aromatic rings. The van der Waals surface area contributed by atoms with Crippen LogP contribution in [0.3, 0.4) is 0 Å². The zero-order valence-electron chi connectivity index (χ0n) is 14.5.